The van der Waals surface area contributed by atoms with Gasteiger partial charge in [0.25, 0.3) is 0 Å². The van der Waals surface area contributed by atoms with Crippen molar-refractivity contribution in [1.29, 1.82) is 0 Å². The molecule has 1 aliphatic carbocycles. The lowest BCUT2D eigenvalue weighted by molar-refractivity contribution is -0.137. The van der Waals surface area contributed by atoms with E-state index in [0.29, 0.717) is 0 Å². The Morgan fingerprint density at radius 2 is 2.28 bits per heavy atom. The highest BCUT2D eigenvalue weighted by molar-refractivity contribution is 5.68. The van der Waals surface area contributed by atoms with Gasteiger partial charge >= 0.3 is 5.97 Å². The molecule has 1 saturated carbocycles. The van der Waals surface area contributed by atoms with E-state index in [1.807, 2.05) is 25.1 Å². The Morgan fingerprint density at radius 3 is 2.83 bits per heavy atom. The minimum atomic E-state index is -0.890. The first-order valence-corrected chi connectivity index (χ1v) is 6.31. The quantitative estimate of drug-likeness (QED) is 0.840. The van der Waals surface area contributed by atoms with Gasteiger partial charge in [-0.1, -0.05) is 17.7 Å². The molecule has 0 bridgehead atoms. The highest BCUT2D eigenvalue weighted by Crippen LogP contribution is 2.31. The van der Waals surface area contributed by atoms with Gasteiger partial charge in [0.1, 0.15) is 5.75 Å². The van der Waals surface area contributed by atoms with E-state index in [1.54, 1.807) is 0 Å². The van der Waals surface area contributed by atoms with Gasteiger partial charge in [-0.05, 0) is 32.3 Å². The number of aryl methyl sites for hydroxylation is 1. The van der Waals surface area contributed by atoms with Crippen LogP contribution in [0.4, 0.5) is 0 Å². The van der Waals surface area contributed by atoms with Crippen LogP contribution >= 0.6 is 0 Å². The van der Waals surface area contributed by atoms with Crippen molar-refractivity contribution in [3.8, 4) is 5.75 Å². The normalized spacial score (nSPS) is 17.0. The van der Waals surface area contributed by atoms with E-state index in [4.69, 9.17) is 15.6 Å². The summed E-state index contributed by atoms with van der Waals surface area (Å²) in [5.41, 5.74) is 7.80. The topological polar surface area (TPSA) is 72.5 Å². The van der Waals surface area contributed by atoms with Crippen molar-refractivity contribution in [1.82, 2.24) is 0 Å². The van der Waals surface area contributed by atoms with Gasteiger partial charge in [0.2, 0.25) is 0 Å². The van der Waals surface area contributed by atoms with Crippen LogP contribution in [-0.4, -0.2) is 17.2 Å². The molecule has 2 rings (SSSR count). The van der Waals surface area contributed by atoms with Gasteiger partial charge in [0, 0.05) is 11.6 Å². The molecule has 1 aliphatic rings. The summed E-state index contributed by atoms with van der Waals surface area (Å²) in [6, 6.07) is 5.26. The van der Waals surface area contributed by atoms with Gasteiger partial charge in [-0.15, -0.1) is 0 Å². The highest BCUT2D eigenvalue weighted by Gasteiger charge is 2.22. The van der Waals surface area contributed by atoms with Crippen molar-refractivity contribution in [3.63, 3.8) is 0 Å². The number of aliphatic carboxylic acids is 1. The van der Waals surface area contributed by atoms with E-state index in [9.17, 15) is 4.79 Å². The average Bonchev–Trinajstić information content (AvgIpc) is 2.23. The largest absolute Gasteiger partial charge is 0.490 e. The number of carbonyl (C=O) groups is 1. The van der Waals surface area contributed by atoms with E-state index in [1.165, 1.54) is 6.42 Å². The van der Waals surface area contributed by atoms with Gasteiger partial charge in [-0.25, -0.2) is 0 Å². The lowest BCUT2D eigenvalue weighted by atomic mass is 9.95. The summed E-state index contributed by atoms with van der Waals surface area (Å²) in [6.45, 7) is 1.96. The molecule has 0 heterocycles. The number of rotatable bonds is 5. The smallest absolute Gasteiger partial charge is 0.305 e. The molecular formula is C14H19NO3. The van der Waals surface area contributed by atoms with Gasteiger partial charge in [-0.3, -0.25) is 4.79 Å². The minimum absolute atomic E-state index is 0.0789. The van der Waals surface area contributed by atoms with E-state index >= 15 is 0 Å². The number of benzene rings is 1. The van der Waals surface area contributed by atoms with Crippen molar-refractivity contribution in [2.45, 2.75) is 44.8 Å². The van der Waals surface area contributed by atoms with E-state index < -0.39 is 12.0 Å². The summed E-state index contributed by atoms with van der Waals surface area (Å²) < 4.78 is 5.87. The molecule has 0 amide bonds. The Kier molecular flexibility index (Phi) is 3.87. The van der Waals surface area contributed by atoms with Gasteiger partial charge < -0.3 is 15.6 Å². The molecule has 0 spiro atoms. The standard InChI is InChI=1S/C14H19NO3/c1-9-5-6-13(18-10-3-2-4-10)11(7-9)12(15)8-14(16)17/h5-7,10,12H,2-4,8,15H2,1H3,(H,16,17). The molecule has 1 fully saturated rings. The lowest BCUT2D eigenvalue weighted by Gasteiger charge is -2.28. The van der Waals surface area contributed by atoms with E-state index in [2.05, 4.69) is 0 Å². The maximum Gasteiger partial charge on any atom is 0.305 e. The molecule has 0 saturated heterocycles. The van der Waals surface area contributed by atoms with Crippen molar-refractivity contribution < 1.29 is 14.6 Å². The fourth-order valence-corrected chi connectivity index (χ4v) is 2.03. The summed E-state index contributed by atoms with van der Waals surface area (Å²) in [7, 11) is 0. The number of carboxylic acid groups (broad SMARTS) is 1. The molecule has 3 N–H and O–H groups in total. The molecule has 1 unspecified atom stereocenters. The Morgan fingerprint density at radius 1 is 1.56 bits per heavy atom. The van der Waals surface area contributed by atoms with E-state index in [0.717, 1.165) is 29.7 Å². The van der Waals surface area contributed by atoms with Gasteiger partial charge in [-0.2, -0.15) is 0 Å². The predicted octanol–water partition coefficient (Wildman–Crippen LogP) is 2.40. The third-order valence-corrected chi connectivity index (χ3v) is 3.31. The molecule has 4 heteroatoms. The molecule has 1 aromatic rings. The molecule has 98 valence electrons. The minimum Gasteiger partial charge on any atom is -0.490 e. The summed E-state index contributed by atoms with van der Waals surface area (Å²) in [5.74, 6) is -0.155. The first-order chi connectivity index (χ1) is 8.56. The number of hydrogen-bond donors (Lipinski definition) is 2. The zero-order chi connectivity index (χ0) is 13.1. The molecule has 0 aromatic heterocycles. The molecule has 18 heavy (non-hydrogen) atoms. The summed E-state index contributed by atoms with van der Waals surface area (Å²) >= 11 is 0. The van der Waals surface area contributed by atoms with Crippen LogP contribution in [0.15, 0.2) is 18.2 Å². The summed E-state index contributed by atoms with van der Waals surface area (Å²) in [6.07, 6.45) is 3.53. The van der Waals surface area contributed by atoms with Crippen molar-refractivity contribution in [2.24, 2.45) is 5.73 Å². The van der Waals surface area contributed by atoms with Crippen LogP contribution in [0, 0.1) is 6.92 Å². The maximum atomic E-state index is 10.7. The Labute approximate surface area is 107 Å². The van der Waals surface area contributed by atoms with Crippen LogP contribution in [0.1, 0.15) is 42.9 Å². The predicted molar refractivity (Wildman–Crippen MR) is 68.6 cm³/mol. The SMILES string of the molecule is Cc1ccc(OC2CCC2)c(C(N)CC(=O)O)c1. The summed E-state index contributed by atoms with van der Waals surface area (Å²) in [5, 5.41) is 8.82. The zero-order valence-corrected chi connectivity index (χ0v) is 10.6. The average molecular weight is 249 g/mol. The third-order valence-electron chi connectivity index (χ3n) is 3.31. The molecule has 0 radical (unpaired) electrons. The number of ether oxygens (including phenoxy) is 1. The van der Waals surface area contributed by atoms with Crippen LogP contribution in [0.25, 0.3) is 0 Å². The molecular weight excluding hydrogens is 230 g/mol. The fourth-order valence-electron chi connectivity index (χ4n) is 2.03. The molecule has 1 aromatic carbocycles. The molecule has 4 nitrogen and oxygen atoms in total. The fraction of sp³-hybridized carbons (Fsp3) is 0.500. The summed E-state index contributed by atoms with van der Waals surface area (Å²) in [4.78, 5) is 10.7. The van der Waals surface area contributed by atoms with Gasteiger partial charge in [0.05, 0.1) is 12.5 Å². The molecule has 0 aliphatic heterocycles. The third kappa shape index (κ3) is 3.01. The number of hydrogen-bond acceptors (Lipinski definition) is 3. The lowest BCUT2D eigenvalue weighted by Crippen LogP contribution is -2.26. The van der Waals surface area contributed by atoms with Crippen LogP contribution < -0.4 is 10.5 Å². The van der Waals surface area contributed by atoms with Crippen LogP contribution in [0.2, 0.25) is 0 Å². The Hall–Kier alpha value is -1.55. The van der Waals surface area contributed by atoms with Crippen LogP contribution in [0.3, 0.4) is 0 Å². The van der Waals surface area contributed by atoms with Gasteiger partial charge in [0.15, 0.2) is 0 Å². The first-order valence-electron chi connectivity index (χ1n) is 6.31. The number of carboxylic acids is 1. The highest BCUT2D eigenvalue weighted by atomic mass is 16.5. The van der Waals surface area contributed by atoms with Crippen LogP contribution in [-0.2, 0) is 4.79 Å². The first kappa shape index (κ1) is 12.9. The zero-order valence-electron chi connectivity index (χ0n) is 10.6. The molecule has 1 atom stereocenters. The van der Waals surface area contributed by atoms with Crippen molar-refractivity contribution in [3.05, 3.63) is 29.3 Å². The second-order valence-electron chi connectivity index (χ2n) is 4.92. The van der Waals surface area contributed by atoms with Crippen molar-refractivity contribution >= 4 is 5.97 Å². The van der Waals surface area contributed by atoms with Crippen molar-refractivity contribution in [2.75, 3.05) is 0 Å². The Balaban J connectivity index is 2.18. The second kappa shape index (κ2) is 5.40. The maximum absolute atomic E-state index is 10.7. The van der Waals surface area contributed by atoms with Crippen LogP contribution in [0.5, 0.6) is 5.75 Å². The second-order valence-corrected chi connectivity index (χ2v) is 4.92. The Bertz CT molecular complexity index is 441. The number of nitrogens with two attached hydrogens (primary N) is 1. The van der Waals surface area contributed by atoms with E-state index in [-0.39, 0.29) is 12.5 Å². The monoisotopic (exact) mass is 249 g/mol.